The van der Waals surface area contributed by atoms with Crippen molar-refractivity contribution in [3.05, 3.63) is 36.9 Å². The summed E-state index contributed by atoms with van der Waals surface area (Å²) in [5, 5.41) is 2.25. The lowest BCUT2D eigenvalue weighted by Crippen LogP contribution is -1.81. The molecule has 3 nitrogen and oxygen atoms in total. The van der Waals surface area contributed by atoms with Crippen LogP contribution in [-0.4, -0.2) is 15.0 Å². The van der Waals surface area contributed by atoms with Crippen molar-refractivity contribution in [3.63, 3.8) is 0 Å². The largest absolute Gasteiger partial charge is 0.359 e. The number of nitrogens with one attached hydrogen (secondary N) is 1. The number of fused-ring (bicyclic) bond motifs is 3. The molecule has 0 bridgehead atoms. The third-order valence-corrected chi connectivity index (χ3v) is 2.20. The highest BCUT2D eigenvalue weighted by Crippen LogP contribution is 2.20. The molecule has 3 aromatic rings. The van der Waals surface area contributed by atoms with Gasteiger partial charge in [-0.25, -0.2) is 9.97 Å². The van der Waals surface area contributed by atoms with Gasteiger partial charge in [-0.2, -0.15) is 0 Å². The molecule has 0 unspecified atom stereocenters. The molecule has 0 aliphatic rings. The first kappa shape index (κ1) is 6.60. The van der Waals surface area contributed by atoms with Crippen LogP contribution in [0.2, 0.25) is 0 Å². The van der Waals surface area contributed by atoms with Crippen LogP contribution in [0.5, 0.6) is 0 Å². The quantitative estimate of drug-likeness (QED) is 0.560. The first-order chi connectivity index (χ1) is 6.45. The van der Waals surface area contributed by atoms with Gasteiger partial charge in [0.15, 0.2) is 0 Å². The fourth-order valence-corrected chi connectivity index (χ4v) is 1.58. The molecule has 0 saturated carbocycles. The first-order valence-electron chi connectivity index (χ1n) is 4.11. The highest BCUT2D eigenvalue weighted by Gasteiger charge is 2.00. The van der Waals surface area contributed by atoms with Gasteiger partial charge >= 0.3 is 0 Å². The zero-order valence-corrected chi connectivity index (χ0v) is 6.86. The maximum Gasteiger partial charge on any atom is 0.116 e. The Kier molecular flexibility index (Phi) is 1.16. The van der Waals surface area contributed by atoms with Crippen molar-refractivity contribution in [2.75, 3.05) is 0 Å². The second kappa shape index (κ2) is 2.29. The Labute approximate surface area is 74.4 Å². The Morgan fingerprint density at radius 3 is 3.00 bits per heavy atom. The standard InChI is InChI=1S/C10H7N3/c1-2-8-5-11-6-13-10(8)9-7(1)3-4-12-9/h1-6,12H. The second-order valence-corrected chi connectivity index (χ2v) is 2.97. The molecule has 0 spiro atoms. The normalized spacial score (nSPS) is 11.1. The molecule has 1 aromatic carbocycles. The highest BCUT2D eigenvalue weighted by atomic mass is 14.8. The maximum atomic E-state index is 4.24. The summed E-state index contributed by atoms with van der Waals surface area (Å²) in [6, 6.07) is 6.14. The van der Waals surface area contributed by atoms with Gasteiger partial charge in [0.25, 0.3) is 0 Å². The molecule has 3 rings (SSSR count). The molecule has 3 heteroatoms. The molecular formula is C10H7N3. The number of H-pyrrole nitrogens is 1. The van der Waals surface area contributed by atoms with Gasteiger partial charge < -0.3 is 4.98 Å². The number of rotatable bonds is 0. The summed E-state index contributed by atoms with van der Waals surface area (Å²) in [7, 11) is 0. The van der Waals surface area contributed by atoms with Crippen molar-refractivity contribution in [1.29, 1.82) is 0 Å². The molecule has 13 heavy (non-hydrogen) atoms. The summed E-state index contributed by atoms with van der Waals surface area (Å²) in [6.07, 6.45) is 5.32. The van der Waals surface area contributed by atoms with E-state index in [2.05, 4.69) is 21.0 Å². The van der Waals surface area contributed by atoms with Gasteiger partial charge in [0, 0.05) is 23.2 Å². The lowest BCUT2D eigenvalue weighted by atomic mass is 10.2. The Hall–Kier alpha value is -1.90. The van der Waals surface area contributed by atoms with E-state index < -0.39 is 0 Å². The van der Waals surface area contributed by atoms with E-state index in [1.165, 1.54) is 5.39 Å². The fraction of sp³-hybridized carbons (Fsp3) is 0. The van der Waals surface area contributed by atoms with E-state index in [-0.39, 0.29) is 0 Å². The van der Waals surface area contributed by atoms with Crippen LogP contribution < -0.4 is 0 Å². The van der Waals surface area contributed by atoms with Crippen molar-refractivity contribution in [3.8, 4) is 0 Å². The molecule has 0 aliphatic carbocycles. The van der Waals surface area contributed by atoms with Crippen LogP contribution in [0.4, 0.5) is 0 Å². The molecule has 0 atom stereocenters. The van der Waals surface area contributed by atoms with E-state index in [4.69, 9.17) is 0 Å². The SMILES string of the molecule is c1ncc2ccc3cc[nH]c3c2n1. The third kappa shape index (κ3) is 0.839. The minimum Gasteiger partial charge on any atom is -0.359 e. The Morgan fingerprint density at radius 2 is 2.00 bits per heavy atom. The summed E-state index contributed by atoms with van der Waals surface area (Å²) in [4.78, 5) is 11.4. The minimum absolute atomic E-state index is 0.984. The van der Waals surface area contributed by atoms with Crippen molar-refractivity contribution in [1.82, 2.24) is 15.0 Å². The molecular weight excluding hydrogens is 162 g/mol. The predicted molar refractivity (Wildman–Crippen MR) is 51.4 cm³/mol. The number of aromatic amines is 1. The highest BCUT2D eigenvalue weighted by molar-refractivity contribution is 6.02. The van der Waals surface area contributed by atoms with Gasteiger partial charge in [-0.05, 0) is 6.07 Å². The number of aromatic nitrogens is 3. The predicted octanol–water partition coefficient (Wildman–Crippen LogP) is 2.11. The Bertz CT molecular complexity index is 568. The molecule has 2 aromatic heterocycles. The molecule has 62 valence electrons. The van der Waals surface area contributed by atoms with E-state index in [0.29, 0.717) is 0 Å². The number of hydrogen-bond donors (Lipinski definition) is 1. The van der Waals surface area contributed by atoms with Crippen molar-refractivity contribution in [2.24, 2.45) is 0 Å². The number of nitrogens with zero attached hydrogens (tertiary/aromatic N) is 2. The minimum atomic E-state index is 0.984. The van der Waals surface area contributed by atoms with Gasteiger partial charge in [0.2, 0.25) is 0 Å². The summed E-state index contributed by atoms with van der Waals surface area (Å²) in [6.45, 7) is 0. The van der Waals surface area contributed by atoms with Crippen LogP contribution in [0.3, 0.4) is 0 Å². The summed E-state index contributed by atoms with van der Waals surface area (Å²) in [5.41, 5.74) is 2.07. The van der Waals surface area contributed by atoms with Gasteiger partial charge in [-0.1, -0.05) is 12.1 Å². The van der Waals surface area contributed by atoms with Crippen LogP contribution in [0.15, 0.2) is 36.9 Å². The summed E-state index contributed by atoms with van der Waals surface area (Å²) >= 11 is 0. The van der Waals surface area contributed by atoms with Gasteiger partial charge in [-0.15, -0.1) is 0 Å². The van der Waals surface area contributed by atoms with Gasteiger partial charge in [-0.3, -0.25) is 0 Å². The lowest BCUT2D eigenvalue weighted by Gasteiger charge is -1.96. The van der Waals surface area contributed by atoms with E-state index in [0.717, 1.165) is 16.4 Å². The molecule has 0 saturated heterocycles. The van der Waals surface area contributed by atoms with Crippen molar-refractivity contribution >= 4 is 21.8 Å². The Balaban J connectivity index is 2.65. The lowest BCUT2D eigenvalue weighted by molar-refractivity contribution is 1.22. The topological polar surface area (TPSA) is 41.6 Å². The first-order valence-corrected chi connectivity index (χ1v) is 4.11. The Morgan fingerprint density at radius 1 is 1.08 bits per heavy atom. The van der Waals surface area contributed by atoms with E-state index in [1.54, 1.807) is 6.33 Å². The van der Waals surface area contributed by atoms with Gasteiger partial charge in [0.05, 0.1) is 11.0 Å². The molecule has 0 aliphatic heterocycles. The van der Waals surface area contributed by atoms with E-state index in [9.17, 15) is 0 Å². The summed E-state index contributed by atoms with van der Waals surface area (Å²) in [5.74, 6) is 0. The number of benzene rings is 1. The fourth-order valence-electron chi connectivity index (χ4n) is 1.58. The van der Waals surface area contributed by atoms with Crippen molar-refractivity contribution in [2.45, 2.75) is 0 Å². The van der Waals surface area contributed by atoms with Crippen LogP contribution in [-0.2, 0) is 0 Å². The zero-order valence-electron chi connectivity index (χ0n) is 6.86. The monoisotopic (exact) mass is 169 g/mol. The van der Waals surface area contributed by atoms with E-state index in [1.807, 2.05) is 24.5 Å². The molecule has 0 fully saturated rings. The molecule has 2 heterocycles. The van der Waals surface area contributed by atoms with Crippen LogP contribution in [0.1, 0.15) is 0 Å². The van der Waals surface area contributed by atoms with E-state index >= 15 is 0 Å². The second-order valence-electron chi connectivity index (χ2n) is 2.97. The smallest absolute Gasteiger partial charge is 0.116 e. The zero-order chi connectivity index (χ0) is 8.67. The third-order valence-electron chi connectivity index (χ3n) is 2.20. The van der Waals surface area contributed by atoms with Crippen LogP contribution in [0, 0.1) is 0 Å². The van der Waals surface area contributed by atoms with Crippen molar-refractivity contribution < 1.29 is 0 Å². The van der Waals surface area contributed by atoms with Crippen LogP contribution >= 0.6 is 0 Å². The number of hydrogen-bond acceptors (Lipinski definition) is 2. The van der Waals surface area contributed by atoms with Crippen LogP contribution in [0.25, 0.3) is 21.8 Å². The summed E-state index contributed by atoms with van der Waals surface area (Å²) < 4.78 is 0. The molecule has 1 N–H and O–H groups in total. The maximum absolute atomic E-state index is 4.24. The average molecular weight is 169 g/mol. The van der Waals surface area contributed by atoms with Gasteiger partial charge in [0.1, 0.15) is 6.33 Å². The molecule has 0 radical (unpaired) electrons. The average Bonchev–Trinajstić information content (AvgIpc) is 2.65. The molecule has 0 amide bonds.